The maximum atomic E-state index is 11.9. The summed E-state index contributed by atoms with van der Waals surface area (Å²) in [7, 11) is 1.63. The van der Waals surface area contributed by atoms with E-state index in [2.05, 4.69) is 32.7 Å². The summed E-state index contributed by atoms with van der Waals surface area (Å²) in [5.74, 6) is 0.879. The Balaban J connectivity index is 1.46. The lowest BCUT2D eigenvalue weighted by Gasteiger charge is -2.28. The van der Waals surface area contributed by atoms with Crippen LogP contribution in [-0.4, -0.2) is 44.3 Å². The van der Waals surface area contributed by atoms with Gasteiger partial charge in [-0.05, 0) is 42.0 Å². The normalized spacial score (nSPS) is 13.5. The molecule has 2 heterocycles. The van der Waals surface area contributed by atoms with Crippen LogP contribution in [0.25, 0.3) is 0 Å². The second-order valence-corrected chi connectivity index (χ2v) is 7.45. The Labute approximate surface area is 187 Å². The molecule has 8 heteroatoms. The van der Waals surface area contributed by atoms with Gasteiger partial charge in [-0.1, -0.05) is 12.1 Å². The van der Waals surface area contributed by atoms with Crippen molar-refractivity contribution >= 4 is 28.8 Å². The van der Waals surface area contributed by atoms with Crippen molar-refractivity contribution in [3.63, 3.8) is 0 Å². The summed E-state index contributed by atoms with van der Waals surface area (Å²) >= 11 is 0. The molecule has 3 aromatic rings. The first-order valence-electron chi connectivity index (χ1n) is 10.5. The Hall–Kier alpha value is -3.78. The minimum atomic E-state index is -0.531. The number of morpholine rings is 1. The van der Waals surface area contributed by atoms with Crippen molar-refractivity contribution in [2.45, 2.75) is 6.54 Å². The number of hydrogen-bond acceptors (Lipinski definition) is 7. The van der Waals surface area contributed by atoms with Crippen molar-refractivity contribution in [2.75, 3.05) is 48.9 Å². The highest BCUT2D eigenvalue weighted by atomic mass is 16.5. The van der Waals surface area contributed by atoms with Gasteiger partial charge >= 0.3 is 0 Å². The average Bonchev–Trinajstić information content (AvgIpc) is 2.84. The standard InChI is InChI=1S/C24H27N5O3/c1-31-20-8-2-17(3-9-20)15-26-22-14-23(27-16-21(22)24(25)30)28-18-4-6-19(7-5-18)29-10-12-32-13-11-29/h2-9,14,16H,10-13,15H2,1H3,(H2,25,30)(H2,26,27,28). The summed E-state index contributed by atoms with van der Waals surface area (Å²) in [6.07, 6.45) is 1.49. The number of rotatable bonds is 8. The number of pyridine rings is 1. The summed E-state index contributed by atoms with van der Waals surface area (Å²) < 4.78 is 10.6. The fraction of sp³-hybridized carbons (Fsp3) is 0.250. The number of aromatic nitrogens is 1. The maximum Gasteiger partial charge on any atom is 0.252 e. The summed E-state index contributed by atoms with van der Waals surface area (Å²) in [6, 6.07) is 17.7. The Morgan fingerprint density at radius 1 is 1.12 bits per heavy atom. The van der Waals surface area contributed by atoms with E-state index in [9.17, 15) is 4.79 Å². The zero-order valence-corrected chi connectivity index (χ0v) is 18.0. The van der Waals surface area contributed by atoms with E-state index in [1.807, 2.05) is 36.4 Å². The number of benzene rings is 2. The van der Waals surface area contributed by atoms with Gasteiger partial charge in [-0.2, -0.15) is 0 Å². The van der Waals surface area contributed by atoms with Gasteiger partial charge in [-0.25, -0.2) is 4.98 Å². The Morgan fingerprint density at radius 3 is 2.50 bits per heavy atom. The topological polar surface area (TPSA) is 102 Å². The number of carbonyl (C=O) groups excluding carboxylic acids is 1. The van der Waals surface area contributed by atoms with E-state index in [-0.39, 0.29) is 0 Å². The van der Waals surface area contributed by atoms with Gasteiger partial charge in [0.25, 0.3) is 5.91 Å². The number of hydrogen-bond donors (Lipinski definition) is 3. The molecule has 32 heavy (non-hydrogen) atoms. The monoisotopic (exact) mass is 433 g/mol. The van der Waals surface area contributed by atoms with Crippen LogP contribution in [0.5, 0.6) is 5.75 Å². The average molecular weight is 434 g/mol. The molecule has 8 nitrogen and oxygen atoms in total. The summed E-state index contributed by atoms with van der Waals surface area (Å²) in [6.45, 7) is 3.82. The first-order chi connectivity index (χ1) is 15.6. The molecular formula is C24H27N5O3. The lowest BCUT2D eigenvalue weighted by molar-refractivity contribution is 0.100. The number of anilines is 4. The van der Waals surface area contributed by atoms with Crippen LogP contribution >= 0.6 is 0 Å². The number of amides is 1. The summed E-state index contributed by atoms with van der Waals surface area (Å²) in [4.78, 5) is 18.5. The molecule has 1 fully saturated rings. The SMILES string of the molecule is COc1ccc(CNc2cc(Nc3ccc(N4CCOCC4)cc3)ncc2C(N)=O)cc1. The van der Waals surface area contributed by atoms with Gasteiger partial charge in [0.15, 0.2) is 0 Å². The minimum absolute atomic E-state index is 0.340. The Morgan fingerprint density at radius 2 is 1.84 bits per heavy atom. The molecule has 0 atom stereocenters. The van der Waals surface area contributed by atoms with Gasteiger partial charge < -0.3 is 30.7 Å². The van der Waals surface area contributed by atoms with Crippen molar-refractivity contribution in [1.82, 2.24) is 4.98 Å². The third-order valence-electron chi connectivity index (χ3n) is 5.33. The van der Waals surface area contributed by atoms with Gasteiger partial charge in [-0.3, -0.25) is 4.79 Å². The molecule has 166 valence electrons. The van der Waals surface area contributed by atoms with E-state index in [0.29, 0.717) is 23.6 Å². The molecule has 0 aliphatic carbocycles. The minimum Gasteiger partial charge on any atom is -0.497 e. The molecule has 0 saturated carbocycles. The van der Waals surface area contributed by atoms with Crippen LogP contribution in [0.1, 0.15) is 15.9 Å². The lowest BCUT2D eigenvalue weighted by Crippen LogP contribution is -2.36. The molecule has 4 rings (SSSR count). The van der Waals surface area contributed by atoms with Crippen LogP contribution < -0.4 is 26.0 Å². The number of nitrogens with zero attached hydrogens (tertiary/aromatic N) is 2. The van der Waals surface area contributed by atoms with Crippen LogP contribution in [0, 0.1) is 0 Å². The zero-order valence-electron chi connectivity index (χ0n) is 18.0. The zero-order chi connectivity index (χ0) is 22.3. The van der Waals surface area contributed by atoms with Crippen LogP contribution in [-0.2, 0) is 11.3 Å². The summed E-state index contributed by atoms with van der Waals surface area (Å²) in [5, 5.41) is 6.58. The molecular weight excluding hydrogens is 406 g/mol. The Bertz CT molecular complexity index is 1050. The highest BCUT2D eigenvalue weighted by Gasteiger charge is 2.12. The molecule has 1 amide bonds. The van der Waals surface area contributed by atoms with Gasteiger partial charge in [0.2, 0.25) is 0 Å². The molecule has 1 aliphatic rings. The number of carbonyl (C=O) groups is 1. The van der Waals surface area contributed by atoms with Crippen LogP contribution in [0.4, 0.5) is 22.9 Å². The second-order valence-electron chi connectivity index (χ2n) is 7.45. The Kier molecular flexibility index (Phi) is 6.72. The number of primary amides is 1. The fourth-order valence-electron chi connectivity index (χ4n) is 3.53. The van der Waals surface area contributed by atoms with E-state index < -0.39 is 5.91 Å². The maximum absolute atomic E-state index is 11.9. The van der Waals surface area contributed by atoms with E-state index in [1.165, 1.54) is 6.20 Å². The van der Waals surface area contributed by atoms with Crippen molar-refractivity contribution in [2.24, 2.45) is 5.73 Å². The number of ether oxygens (including phenoxy) is 2. The molecule has 4 N–H and O–H groups in total. The number of nitrogens with two attached hydrogens (primary N) is 1. The van der Waals surface area contributed by atoms with Crippen LogP contribution in [0.2, 0.25) is 0 Å². The smallest absolute Gasteiger partial charge is 0.252 e. The van der Waals surface area contributed by atoms with Crippen molar-refractivity contribution in [3.8, 4) is 5.75 Å². The van der Waals surface area contributed by atoms with Gasteiger partial charge in [0, 0.05) is 43.3 Å². The van der Waals surface area contributed by atoms with Gasteiger partial charge in [0.1, 0.15) is 11.6 Å². The molecule has 0 radical (unpaired) electrons. The molecule has 1 aliphatic heterocycles. The predicted molar refractivity (Wildman–Crippen MR) is 126 cm³/mol. The van der Waals surface area contributed by atoms with Crippen LogP contribution in [0.15, 0.2) is 60.8 Å². The van der Waals surface area contributed by atoms with Crippen molar-refractivity contribution < 1.29 is 14.3 Å². The molecule has 2 aromatic carbocycles. The molecule has 0 unspecified atom stereocenters. The van der Waals surface area contributed by atoms with Gasteiger partial charge in [0.05, 0.1) is 31.6 Å². The van der Waals surface area contributed by atoms with E-state index in [1.54, 1.807) is 13.2 Å². The highest BCUT2D eigenvalue weighted by Crippen LogP contribution is 2.24. The number of methoxy groups -OCH3 is 1. The van der Waals surface area contributed by atoms with E-state index >= 15 is 0 Å². The fourth-order valence-corrected chi connectivity index (χ4v) is 3.53. The molecule has 0 bridgehead atoms. The predicted octanol–water partition coefficient (Wildman–Crippen LogP) is 3.38. The van der Waals surface area contributed by atoms with E-state index in [4.69, 9.17) is 15.2 Å². The quantitative estimate of drug-likeness (QED) is 0.501. The highest BCUT2D eigenvalue weighted by molar-refractivity contribution is 5.98. The first kappa shape index (κ1) is 21.5. The largest absolute Gasteiger partial charge is 0.497 e. The van der Waals surface area contributed by atoms with Crippen molar-refractivity contribution in [1.29, 1.82) is 0 Å². The molecule has 1 saturated heterocycles. The van der Waals surface area contributed by atoms with E-state index in [0.717, 1.165) is 49.0 Å². The van der Waals surface area contributed by atoms with Crippen LogP contribution in [0.3, 0.4) is 0 Å². The third-order valence-corrected chi connectivity index (χ3v) is 5.33. The first-order valence-corrected chi connectivity index (χ1v) is 10.5. The second kappa shape index (κ2) is 10.0. The third kappa shape index (κ3) is 5.28. The van der Waals surface area contributed by atoms with Gasteiger partial charge in [-0.15, -0.1) is 0 Å². The molecule has 1 aromatic heterocycles. The number of nitrogens with one attached hydrogen (secondary N) is 2. The molecule has 0 spiro atoms. The lowest BCUT2D eigenvalue weighted by atomic mass is 10.1. The van der Waals surface area contributed by atoms with Crippen molar-refractivity contribution in [3.05, 3.63) is 71.9 Å². The summed E-state index contributed by atoms with van der Waals surface area (Å²) in [5.41, 5.74) is 9.62.